The average Bonchev–Trinajstić information content (AvgIpc) is 2.12. The molecule has 1 aliphatic rings. The molecule has 0 saturated carbocycles. The fourth-order valence-electron chi connectivity index (χ4n) is 1.52. The molecule has 1 aliphatic heterocycles. The van der Waals surface area contributed by atoms with Crippen molar-refractivity contribution in [1.82, 2.24) is 5.32 Å². The fourth-order valence-corrected chi connectivity index (χ4v) is 1.80. The van der Waals surface area contributed by atoms with Crippen LogP contribution in [0, 0.1) is 5.82 Å². The summed E-state index contributed by atoms with van der Waals surface area (Å²) in [6.45, 7) is 1.48. The van der Waals surface area contributed by atoms with Gasteiger partial charge in [0.15, 0.2) is 0 Å². The summed E-state index contributed by atoms with van der Waals surface area (Å²) in [4.78, 5) is 0. The third-order valence-corrected chi connectivity index (χ3v) is 2.52. The Bertz CT molecular complexity index is 281. The lowest BCUT2D eigenvalue weighted by Gasteiger charge is -2.18. The van der Waals surface area contributed by atoms with Gasteiger partial charge < -0.3 is 5.32 Å². The van der Waals surface area contributed by atoms with Crippen LogP contribution in [-0.4, -0.2) is 6.54 Å². The van der Waals surface area contributed by atoms with Crippen LogP contribution in [-0.2, 0) is 13.0 Å². The minimum atomic E-state index is -0.151. The topological polar surface area (TPSA) is 12.0 Å². The quantitative estimate of drug-likeness (QED) is 0.653. The highest BCUT2D eigenvalue weighted by Gasteiger charge is 2.15. The van der Waals surface area contributed by atoms with Crippen LogP contribution in [0.4, 0.5) is 4.39 Å². The van der Waals surface area contributed by atoms with Gasteiger partial charge in [-0.3, -0.25) is 0 Å². The van der Waals surface area contributed by atoms with Crippen molar-refractivity contribution in [2.75, 3.05) is 6.54 Å². The molecule has 3 heteroatoms. The van der Waals surface area contributed by atoms with Gasteiger partial charge in [0.05, 0.1) is 0 Å². The minimum absolute atomic E-state index is 0.151. The van der Waals surface area contributed by atoms with Gasteiger partial charge in [-0.15, -0.1) is 0 Å². The van der Waals surface area contributed by atoms with E-state index in [0.29, 0.717) is 11.6 Å². The summed E-state index contributed by atoms with van der Waals surface area (Å²) in [6.07, 6.45) is 0.825. The normalized spacial score (nSPS) is 15.8. The summed E-state index contributed by atoms with van der Waals surface area (Å²) >= 11 is 5.92. The summed E-state index contributed by atoms with van der Waals surface area (Å²) in [5.41, 5.74) is 1.70. The molecule has 0 unspecified atom stereocenters. The molecule has 0 spiro atoms. The summed E-state index contributed by atoms with van der Waals surface area (Å²) < 4.78 is 13.2. The molecule has 0 bridgehead atoms. The predicted molar refractivity (Wildman–Crippen MR) is 46.8 cm³/mol. The summed E-state index contributed by atoms with van der Waals surface area (Å²) in [6, 6.07) is 3.05. The molecular weight excluding hydrogens is 177 g/mol. The third-order valence-electron chi connectivity index (χ3n) is 2.17. The van der Waals surface area contributed by atoms with Crippen LogP contribution >= 0.6 is 11.6 Å². The maximum atomic E-state index is 13.2. The van der Waals surface area contributed by atoms with Gasteiger partial charge in [0.25, 0.3) is 0 Å². The lowest BCUT2D eigenvalue weighted by Crippen LogP contribution is -2.24. The Morgan fingerprint density at radius 1 is 1.33 bits per heavy atom. The van der Waals surface area contributed by atoms with Gasteiger partial charge in [0.1, 0.15) is 5.82 Å². The predicted octanol–water partition coefficient (Wildman–Crippen LogP) is 2.12. The molecule has 0 aliphatic carbocycles. The van der Waals surface area contributed by atoms with Gasteiger partial charge >= 0.3 is 0 Å². The van der Waals surface area contributed by atoms with Crippen molar-refractivity contribution in [2.24, 2.45) is 0 Å². The molecule has 1 N–H and O–H groups in total. The van der Waals surface area contributed by atoms with Crippen LogP contribution in [0.3, 0.4) is 0 Å². The number of rotatable bonds is 0. The van der Waals surface area contributed by atoms with Gasteiger partial charge in [-0.05, 0) is 30.7 Å². The first kappa shape index (κ1) is 8.02. The van der Waals surface area contributed by atoms with E-state index in [1.54, 1.807) is 6.07 Å². The molecule has 12 heavy (non-hydrogen) atoms. The summed E-state index contributed by atoms with van der Waals surface area (Å²) in [7, 11) is 0. The van der Waals surface area contributed by atoms with Crippen molar-refractivity contribution >= 4 is 11.6 Å². The van der Waals surface area contributed by atoms with Crippen molar-refractivity contribution in [3.63, 3.8) is 0 Å². The molecule has 1 heterocycles. The molecule has 64 valence electrons. The standard InChI is InChI=1S/C9H9ClFN/c10-8-1-2-9(11)7-5-12-4-3-6(7)8/h1-2,12H,3-5H2. The van der Waals surface area contributed by atoms with E-state index in [0.717, 1.165) is 24.1 Å². The van der Waals surface area contributed by atoms with Gasteiger partial charge in [-0.1, -0.05) is 11.6 Å². The zero-order valence-corrected chi connectivity index (χ0v) is 7.29. The summed E-state index contributed by atoms with van der Waals surface area (Å²) in [5, 5.41) is 3.80. The SMILES string of the molecule is Fc1ccc(Cl)c2c1CNCC2. The second kappa shape index (κ2) is 3.04. The highest BCUT2D eigenvalue weighted by atomic mass is 35.5. The van der Waals surface area contributed by atoms with Crippen molar-refractivity contribution < 1.29 is 4.39 Å². The lowest BCUT2D eigenvalue weighted by atomic mass is 10.0. The van der Waals surface area contributed by atoms with E-state index in [1.807, 2.05) is 0 Å². The van der Waals surface area contributed by atoms with Crippen LogP contribution in [0.15, 0.2) is 12.1 Å². The Morgan fingerprint density at radius 2 is 2.17 bits per heavy atom. The van der Waals surface area contributed by atoms with Gasteiger partial charge in [0.2, 0.25) is 0 Å². The number of fused-ring (bicyclic) bond motifs is 1. The first-order valence-electron chi connectivity index (χ1n) is 3.95. The van der Waals surface area contributed by atoms with Crippen LogP contribution in [0.5, 0.6) is 0 Å². The molecule has 0 radical (unpaired) electrons. The van der Waals surface area contributed by atoms with E-state index in [-0.39, 0.29) is 5.82 Å². The molecule has 1 nitrogen and oxygen atoms in total. The number of hydrogen-bond acceptors (Lipinski definition) is 1. The monoisotopic (exact) mass is 185 g/mol. The zero-order chi connectivity index (χ0) is 8.55. The average molecular weight is 186 g/mol. The van der Waals surface area contributed by atoms with E-state index < -0.39 is 0 Å². The molecule has 1 aromatic carbocycles. The Morgan fingerprint density at radius 3 is 2.92 bits per heavy atom. The maximum Gasteiger partial charge on any atom is 0.128 e. The van der Waals surface area contributed by atoms with E-state index in [9.17, 15) is 4.39 Å². The third kappa shape index (κ3) is 1.21. The molecule has 0 saturated heterocycles. The van der Waals surface area contributed by atoms with Crippen molar-refractivity contribution in [2.45, 2.75) is 13.0 Å². The summed E-state index contributed by atoms with van der Waals surface area (Å²) in [5.74, 6) is -0.151. The van der Waals surface area contributed by atoms with E-state index in [1.165, 1.54) is 6.07 Å². The number of halogens is 2. The zero-order valence-electron chi connectivity index (χ0n) is 6.53. The van der Waals surface area contributed by atoms with Crippen LogP contribution < -0.4 is 5.32 Å². The molecular formula is C9H9ClFN. The van der Waals surface area contributed by atoms with Crippen LogP contribution in [0.2, 0.25) is 5.02 Å². The van der Waals surface area contributed by atoms with Crippen molar-refractivity contribution in [1.29, 1.82) is 0 Å². The smallest absolute Gasteiger partial charge is 0.128 e. The number of benzene rings is 1. The van der Waals surface area contributed by atoms with E-state index in [4.69, 9.17) is 11.6 Å². The lowest BCUT2D eigenvalue weighted by molar-refractivity contribution is 0.563. The molecule has 0 amide bonds. The Kier molecular flexibility index (Phi) is 2.03. The van der Waals surface area contributed by atoms with Gasteiger partial charge in [-0.25, -0.2) is 4.39 Å². The molecule has 0 aromatic heterocycles. The van der Waals surface area contributed by atoms with Crippen LogP contribution in [0.25, 0.3) is 0 Å². The molecule has 0 atom stereocenters. The highest BCUT2D eigenvalue weighted by molar-refractivity contribution is 6.31. The highest BCUT2D eigenvalue weighted by Crippen LogP contribution is 2.25. The Labute approximate surface area is 75.5 Å². The van der Waals surface area contributed by atoms with Crippen molar-refractivity contribution in [3.05, 3.63) is 34.1 Å². The van der Waals surface area contributed by atoms with Gasteiger partial charge in [-0.2, -0.15) is 0 Å². The minimum Gasteiger partial charge on any atom is -0.312 e. The molecule has 2 rings (SSSR count). The second-order valence-corrected chi connectivity index (χ2v) is 3.32. The van der Waals surface area contributed by atoms with Crippen molar-refractivity contribution in [3.8, 4) is 0 Å². The number of hydrogen-bond donors (Lipinski definition) is 1. The Balaban J connectivity index is 2.57. The first-order valence-corrected chi connectivity index (χ1v) is 4.33. The molecule has 0 fully saturated rings. The largest absolute Gasteiger partial charge is 0.312 e. The first-order chi connectivity index (χ1) is 5.79. The Hall–Kier alpha value is -0.600. The molecule has 1 aromatic rings. The van der Waals surface area contributed by atoms with E-state index >= 15 is 0 Å². The number of nitrogens with one attached hydrogen (secondary N) is 1. The van der Waals surface area contributed by atoms with E-state index in [2.05, 4.69) is 5.32 Å². The second-order valence-electron chi connectivity index (χ2n) is 2.91. The maximum absolute atomic E-state index is 13.2. The van der Waals surface area contributed by atoms with Crippen LogP contribution in [0.1, 0.15) is 11.1 Å². The fraction of sp³-hybridized carbons (Fsp3) is 0.333. The van der Waals surface area contributed by atoms with Gasteiger partial charge in [0, 0.05) is 17.1 Å².